The largest absolute Gasteiger partial charge is 0.474 e. The number of rotatable bonds is 7. The summed E-state index contributed by atoms with van der Waals surface area (Å²) < 4.78 is 8.98. The highest BCUT2D eigenvalue weighted by atomic mass is 16.5. The second kappa shape index (κ2) is 10.8. The topological polar surface area (TPSA) is 43.2 Å². The highest BCUT2D eigenvalue weighted by Gasteiger charge is 2.42. The molecule has 7 rings (SSSR count). The van der Waals surface area contributed by atoms with Gasteiger partial charge in [-0.15, -0.1) is 0 Å². The van der Waals surface area contributed by atoms with Crippen LogP contribution in [0, 0.1) is 0 Å². The lowest BCUT2D eigenvalue weighted by Gasteiger charge is -2.37. The molecule has 2 aliphatic rings. The number of ether oxygens (including phenoxy) is 1. The zero-order valence-corrected chi connectivity index (χ0v) is 23.0. The van der Waals surface area contributed by atoms with E-state index in [0.29, 0.717) is 0 Å². The van der Waals surface area contributed by atoms with Gasteiger partial charge in [0.15, 0.2) is 5.82 Å². The number of hydrogen-bond acceptors (Lipinski definition) is 4. The van der Waals surface area contributed by atoms with Crippen LogP contribution in [-0.4, -0.2) is 34.0 Å². The average Bonchev–Trinajstić information content (AvgIpc) is 3.70. The van der Waals surface area contributed by atoms with Crippen molar-refractivity contribution in [3.05, 3.63) is 120 Å². The minimum atomic E-state index is -0.691. The molecule has 5 aromatic rings. The predicted molar refractivity (Wildman–Crippen MR) is 161 cm³/mol. The van der Waals surface area contributed by atoms with Crippen LogP contribution in [0.1, 0.15) is 61.6 Å². The van der Waals surface area contributed by atoms with Gasteiger partial charge in [-0.05, 0) is 61.3 Å². The van der Waals surface area contributed by atoms with Gasteiger partial charge in [0, 0.05) is 19.3 Å². The number of pyridine rings is 1. The van der Waals surface area contributed by atoms with E-state index < -0.39 is 5.54 Å². The number of fused-ring (bicyclic) bond motifs is 1. The van der Waals surface area contributed by atoms with Crippen molar-refractivity contribution in [3.8, 4) is 5.88 Å². The lowest BCUT2D eigenvalue weighted by Crippen LogP contribution is -2.38. The highest BCUT2D eigenvalue weighted by molar-refractivity contribution is 5.95. The molecule has 0 radical (unpaired) electrons. The van der Waals surface area contributed by atoms with Gasteiger partial charge in [0.25, 0.3) is 0 Å². The maximum absolute atomic E-state index is 6.72. The molecule has 202 valence electrons. The smallest absolute Gasteiger partial charge is 0.227 e. The first-order valence-electron chi connectivity index (χ1n) is 14.8. The molecule has 0 amide bonds. The van der Waals surface area contributed by atoms with Crippen LogP contribution in [0.15, 0.2) is 103 Å². The van der Waals surface area contributed by atoms with Crippen LogP contribution in [0.3, 0.4) is 0 Å². The molecule has 1 aliphatic carbocycles. The summed E-state index contributed by atoms with van der Waals surface area (Å²) in [4.78, 5) is 7.27. The van der Waals surface area contributed by atoms with Gasteiger partial charge < -0.3 is 9.64 Å². The van der Waals surface area contributed by atoms with Crippen LogP contribution in [0.2, 0.25) is 0 Å². The van der Waals surface area contributed by atoms with Crippen molar-refractivity contribution in [2.24, 2.45) is 0 Å². The third-order valence-corrected chi connectivity index (χ3v) is 8.67. The Hall–Kier alpha value is -4.12. The number of hydrogen-bond donors (Lipinski definition) is 0. The molecular formula is C35H36N4O. The van der Waals surface area contributed by atoms with E-state index in [1.54, 1.807) is 0 Å². The summed E-state index contributed by atoms with van der Waals surface area (Å²) in [7, 11) is 0. The number of anilines is 1. The molecule has 2 fully saturated rings. The van der Waals surface area contributed by atoms with Crippen LogP contribution < -0.4 is 9.64 Å². The van der Waals surface area contributed by atoms with Gasteiger partial charge in [-0.2, -0.15) is 5.10 Å². The average molecular weight is 529 g/mol. The van der Waals surface area contributed by atoms with Crippen LogP contribution in [0.4, 0.5) is 5.82 Å². The van der Waals surface area contributed by atoms with Crippen LogP contribution in [0.5, 0.6) is 5.88 Å². The Bertz CT molecular complexity index is 1460. The first-order chi connectivity index (χ1) is 19.9. The predicted octanol–water partition coefficient (Wildman–Crippen LogP) is 7.58. The van der Waals surface area contributed by atoms with E-state index >= 15 is 0 Å². The second-order valence-electron chi connectivity index (χ2n) is 11.1. The molecule has 3 heterocycles. The summed E-state index contributed by atoms with van der Waals surface area (Å²) in [5.74, 6) is 1.71. The molecule has 3 aromatic carbocycles. The number of nitrogens with zero attached hydrogens (tertiary/aromatic N) is 4. The van der Waals surface area contributed by atoms with E-state index in [4.69, 9.17) is 14.8 Å². The van der Waals surface area contributed by atoms with Crippen molar-refractivity contribution < 1.29 is 4.74 Å². The normalized spacial score (nSPS) is 16.4. The first kappa shape index (κ1) is 24.9. The fourth-order valence-electron chi connectivity index (χ4n) is 6.76. The van der Waals surface area contributed by atoms with Gasteiger partial charge in [-0.3, -0.25) is 0 Å². The molecule has 0 N–H and O–H groups in total. The summed E-state index contributed by atoms with van der Waals surface area (Å²) in [6.07, 6.45) is 10.4. The van der Waals surface area contributed by atoms with Crippen LogP contribution in [-0.2, 0) is 5.54 Å². The summed E-state index contributed by atoms with van der Waals surface area (Å²) in [5.41, 5.74) is 3.84. The minimum Gasteiger partial charge on any atom is -0.474 e. The lowest BCUT2D eigenvalue weighted by atomic mass is 9.77. The number of aromatic nitrogens is 3. The number of benzene rings is 3. The molecule has 1 aliphatic heterocycles. The van der Waals surface area contributed by atoms with E-state index in [1.807, 2.05) is 6.20 Å². The van der Waals surface area contributed by atoms with Crippen molar-refractivity contribution >= 4 is 16.7 Å². The van der Waals surface area contributed by atoms with Crippen molar-refractivity contribution in [2.75, 3.05) is 18.0 Å². The molecule has 0 bridgehead atoms. The molecule has 40 heavy (non-hydrogen) atoms. The Morgan fingerprint density at radius 1 is 0.650 bits per heavy atom. The molecular weight excluding hydrogens is 492 g/mol. The maximum Gasteiger partial charge on any atom is 0.227 e. The Morgan fingerprint density at radius 2 is 1.20 bits per heavy atom. The first-order valence-corrected chi connectivity index (χ1v) is 14.8. The maximum atomic E-state index is 6.72. The Morgan fingerprint density at radius 3 is 1.75 bits per heavy atom. The summed E-state index contributed by atoms with van der Waals surface area (Å²) in [6.45, 7) is 2.00. The molecule has 5 heteroatoms. The van der Waals surface area contributed by atoms with Crippen molar-refractivity contribution in [1.29, 1.82) is 0 Å². The van der Waals surface area contributed by atoms with Gasteiger partial charge in [0.05, 0.1) is 5.52 Å². The van der Waals surface area contributed by atoms with Crippen molar-refractivity contribution in [1.82, 2.24) is 14.8 Å². The van der Waals surface area contributed by atoms with E-state index in [0.717, 1.165) is 65.2 Å². The van der Waals surface area contributed by atoms with Gasteiger partial charge in [0.1, 0.15) is 17.0 Å². The van der Waals surface area contributed by atoms with E-state index in [1.165, 1.54) is 32.1 Å². The molecule has 0 unspecified atom stereocenters. The third kappa shape index (κ3) is 4.25. The zero-order valence-electron chi connectivity index (χ0n) is 23.0. The highest BCUT2D eigenvalue weighted by Crippen LogP contribution is 2.45. The molecule has 5 nitrogen and oxygen atoms in total. The molecule has 2 aromatic heterocycles. The van der Waals surface area contributed by atoms with E-state index in [-0.39, 0.29) is 6.10 Å². The minimum absolute atomic E-state index is 0.212. The quantitative estimate of drug-likeness (QED) is 0.204. The van der Waals surface area contributed by atoms with E-state index in [2.05, 4.69) is 107 Å². The third-order valence-electron chi connectivity index (χ3n) is 8.67. The Balaban J connectivity index is 1.55. The van der Waals surface area contributed by atoms with Crippen molar-refractivity contribution in [3.63, 3.8) is 0 Å². The molecule has 1 saturated heterocycles. The van der Waals surface area contributed by atoms with Gasteiger partial charge in [-0.25, -0.2) is 9.67 Å². The summed E-state index contributed by atoms with van der Waals surface area (Å²) >= 11 is 0. The van der Waals surface area contributed by atoms with Crippen LogP contribution >= 0.6 is 0 Å². The van der Waals surface area contributed by atoms with Crippen molar-refractivity contribution in [2.45, 2.75) is 56.6 Å². The standard InChI is InChI=1S/C35H36N4O/c1-5-15-27(16-6-1)35(28-17-7-2-8-18-28,29-19-9-3-10-20-29)39-31-23-24-36-34(40-30-21-11-4-12-22-30)32(31)33(37-39)38-25-13-14-26-38/h1-3,5-10,15-20,23-24,30H,4,11-14,21-22,25-26H2. The lowest BCUT2D eigenvalue weighted by molar-refractivity contribution is 0.151. The monoisotopic (exact) mass is 528 g/mol. The van der Waals surface area contributed by atoms with Gasteiger partial charge >= 0.3 is 0 Å². The summed E-state index contributed by atoms with van der Waals surface area (Å²) in [5, 5.41) is 6.58. The van der Waals surface area contributed by atoms with Gasteiger partial charge in [-0.1, -0.05) is 97.4 Å². The molecule has 0 spiro atoms. The summed E-state index contributed by atoms with van der Waals surface area (Å²) in [6, 6.07) is 34.5. The Kier molecular flexibility index (Phi) is 6.72. The SMILES string of the molecule is c1ccc(C(c2ccccc2)(c2ccccc2)n2nc(N3CCCC3)c3c(OC4CCCCC4)nccc32)cc1. The fraction of sp³-hybridized carbons (Fsp3) is 0.314. The second-order valence-corrected chi connectivity index (χ2v) is 11.1. The fourth-order valence-corrected chi connectivity index (χ4v) is 6.76. The van der Waals surface area contributed by atoms with Crippen LogP contribution in [0.25, 0.3) is 10.9 Å². The molecule has 1 saturated carbocycles. The van der Waals surface area contributed by atoms with E-state index in [9.17, 15) is 0 Å². The Labute approximate surface area is 236 Å². The zero-order chi connectivity index (χ0) is 26.8. The molecule has 0 atom stereocenters. The van der Waals surface area contributed by atoms with Gasteiger partial charge in [0.2, 0.25) is 5.88 Å².